The van der Waals surface area contributed by atoms with Crippen LogP contribution in [0.5, 0.6) is 0 Å². The number of ether oxygens (including phenoxy) is 3. The Balaban J connectivity index is 1.72. The smallest absolute Gasteiger partial charge is 0.293 e. The molecule has 3 aliphatic rings. The Morgan fingerprint density at radius 3 is 2.74 bits per heavy atom. The number of hydrogen-bond acceptors (Lipinski definition) is 4. The van der Waals surface area contributed by atoms with Crippen LogP contribution in [0.1, 0.15) is 52.9 Å². The lowest BCUT2D eigenvalue weighted by Gasteiger charge is -2.46. The SMILES string of the molecule is CCC1OC1CC(C)(OC=O)C1(C)CCC2OC2C1. The molecule has 0 amide bonds. The van der Waals surface area contributed by atoms with Crippen LogP contribution in [0.2, 0.25) is 0 Å². The summed E-state index contributed by atoms with van der Waals surface area (Å²) in [7, 11) is 0. The molecule has 0 spiro atoms. The fourth-order valence-electron chi connectivity index (χ4n) is 3.74. The van der Waals surface area contributed by atoms with E-state index in [-0.39, 0.29) is 11.5 Å². The van der Waals surface area contributed by atoms with Crippen LogP contribution in [-0.2, 0) is 19.0 Å². The highest BCUT2D eigenvalue weighted by Crippen LogP contribution is 2.54. The van der Waals surface area contributed by atoms with Crippen LogP contribution in [0.3, 0.4) is 0 Å². The first-order valence-electron chi connectivity index (χ1n) is 7.44. The van der Waals surface area contributed by atoms with Gasteiger partial charge < -0.3 is 14.2 Å². The molecule has 0 aromatic rings. The Bertz CT molecular complexity index is 371. The highest BCUT2D eigenvalue weighted by atomic mass is 16.6. The maximum Gasteiger partial charge on any atom is 0.293 e. The van der Waals surface area contributed by atoms with Gasteiger partial charge in [-0.25, -0.2) is 0 Å². The maximum atomic E-state index is 11.0. The van der Waals surface area contributed by atoms with Crippen molar-refractivity contribution in [1.82, 2.24) is 0 Å². The molecule has 0 aromatic heterocycles. The zero-order chi connectivity index (χ0) is 13.7. The van der Waals surface area contributed by atoms with Gasteiger partial charge in [-0.1, -0.05) is 13.8 Å². The van der Waals surface area contributed by atoms with E-state index >= 15 is 0 Å². The summed E-state index contributed by atoms with van der Waals surface area (Å²) in [5.41, 5.74) is -0.448. The third-order valence-corrected chi connectivity index (χ3v) is 5.59. The summed E-state index contributed by atoms with van der Waals surface area (Å²) in [6.07, 6.45) is 6.43. The topological polar surface area (TPSA) is 51.4 Å². The molecular formula is C15H24O4. The van der Waals surface area contributed by atoms with Gasteiger partial charge in [0.05, 0.1) is 24.4 Å². The van der Waals surface area contributed by atoms with E-state index in [4.69, 9.17) is 14.2 Å². The van der Waals surface area contributed by atoms with E-state index in [1.165, 1.54) is 0 Å². The lowest BCUT2D eigenvalue weighted by atomic mass is 9.63. The van der Waals surface area contributed by atoms with Crippen molar-refractivity contribution in [3.63, 3.8) is 0 Å². The van der Waals surface area contributed by atoms with Crippen molar-refractivity contribution < 1.29 is 19.0 Å². The summed E-state index contributed by atoms with van der Waals surface area (Å²) < 4.78 is 16.9. The molecule has 4 nitrogen and oxygen atoms in total. The van der Waals surface area contributed by atoms with Crippen LogP contribution < -0.4 is 0 Å². The molecular weight excluding hydrogens is 244 g/mol. The third-order valence-electron chi connectivity index (χ3n) is 5.59. The number of carbonyl (C=O) groups excluding carboxylic acids is 1. The van der Waals surface area contributed by atoms with Crippen molar-refractivity contribution in [3.8, 4) is 0 Å². The first-order valence-corrected chi connectivity index (χ1v) is 7.44. The van der Waals surface area contributed by atoms with Crippen LogP contribution in [0.15, 0.2) is 0 Å². The van der Waals surface area contributed by atoms with E-state index in [1.807, 2.05) is 0 Å². The number of carbonyl (C=O) groups is 1. The number of epoxide rings is 2. The molecule has 0 bridgehead atoms. The molecule has 0 aromatic carbocycles. The molecule has 6 atom stereocenters. The first kappa shape index (κ1) is 13.4. The van der Waals surface area contributed by atoms with Gasteiger partial charge >= 0.3 is 0 Å². The molecule has 1 saturated carbocycles. The average Bonchev–Trinajstić information content (AvgIpc) is 3.24. The predicted molar refractivity (Wildman–Crippen MR) is 69.7 cm³/mol. The fraction of sp³-hybridized carbons (Fsp3) is 0.933. The molecule has 2 heterocycles. The Labute approximate surface area is 114 Å². The van der Waals surface area contributed by atoms with Crippen LogP contribution in [0.25, 0.3) is 0 Å². The summed E-state index contributed by atoms with van der Waals surface area (Å²) in [6, 6.07) is 0. The summed E-state index contributed by atoms with van der Waals surface area (Å²) >= 11 is 0. The van der Waals surface area contributed by atoms with E-state index < -0.39 is 5.60 Å². The van der Waals surface area contributed by atoms with E-state index in [2.05, 4.69) is 20.8 Å². The van der Waals surface area contributed by atoms with Gasteiger partial charge in [0.15, 0.2) is 0 Å². The van der Waals surface area contributed by atoms with Crippen molar-refractivity contribution in [1.29, 1.82) is 0 Å². The average molecular weight is 268 g/mol. The van der Waals surface area contributed by atoms with Gasteiger partial charge in [-0.05, 0) is 32.6 Å². The van der Waals surface area contributed by atoms with Crippen LogP contribution in [0, 0.1) is 5.41 Å². The van der Waals surface area contributed by atoms with Gasteiger partial charge in [0.2, 0.25) is 0 Å². The normalized spacial score (nSPS) is 46.9. The monoisotopic (exact) mass is 268 g/mol. The van der Waals surface area contributed by atoms with Gasteiger partial charge in [0, 0.05) is 11.8 Å². The second-order valence-corrected chi connectivity index (χ2v) is 6.79. The Morgan fingerprint density at radius 1 is 1.37 bits per heavy atom. The minimum absolute atomic E-state index is 0.00415. The van der Waals surface area contributed by atoms with E-state index in [0.29, 0.717) is 24.8 Å². The van der Waals surface area contributed by atoms with Crippen molar-refractivity contribution in [2.45, 2.75) is 82.9 Å². The van der Waals surface area contributed by atoms with Gasteiger partial charge in [0.1, 0.15) is 5.60 Å². The quantitative estimate of drug-likeness (QED) is 0.548. The maximum absolute atomic E-state index is 11.0. The van der Waals surface area contributed by atoms with Crippen LogP contribution >= 0.6 is 0 Å². The van der Waals surface area contributed by atoms with Crippen LogP contribution in [-0.4, -0.2) is 36.5 Å². The molecule has 19 heavy (non-hydrogen) atoms. The summed E-state index contributed by atoms with van der Waals surface area (Å²) in [5.74, 6) is 0. The molecule has 3 rings (SSSR count). The second-order valence-electron chi connectivity index (χ2n) is 6.79. The van der Waals surface area contributed by atoms with E-state index in [0.717, 1.165) is 32.1 Å². The molecule has 0 N–H and O–H groups in total. The zero-order valence-electron chi connectivity index (χ0n) is 12.1. The molecule has 2 aliphatic heterocycles. The molecule has 1 aliphatic carbocycles. The predicted octanol–water partition coefficient (Wildman–Crippen LogP) is 2.44. The number of fused-ring (bicyclic) bond motifs is 1. The molecule has 4 heteroatoms. The summed E-state index contributed by atoms with van der Waals surface area (Å²) in [5, 5.41) is 0. The summed E-state index contributed by atoms with van der Waals surface area (Å²) in [4.78, 5) is 11.0. The van der Waals surface area contributed by atoms with Crippen molar-refractivity contribution >= 4 is 6.47 Å². The Hall–Kier alpha value is -0.610. The van der Waals surface area contributed by atoms with Crippen molar-refractivity contribution in [2.24, 2.45) is 5.41 Å². The minimum Gasteiger partial charge on any atom is -0.461 e. The highest BCUT2D eigenvalue weighted by molar-refractivity contribution is 5.39. The second kappa shape index (κ2) is 4.45. The molecule has 6 unspecified atom stereocenters. The molecule has 3 fully saturated rings. The van der Waals surface area contributed by atoms with Gasteiger partial charge in [-0.2, -0.15) is 0 Å². The van der Waals surface area contributed by atoms with Crippen LogP contribution in [0.4, 0.5) is 0 Å². The summed E-state index contributed by atoms with van der Waals surface area (Å²) in [6.45, 7) is 7.04. The van der Waals surface area contributed by atoms with Gasteiger partial charge in [-0.3, -0.25) is 4.79 Å². The zero-order valence-corrected chi connectivity index (χ0v) is 12.1. The fourth-order valence-corrected chi connectivity index (χ4v) is 3.74. The first-order chi connectivity index (χ1) is 9.01. The molecule has 2 saturated heterocycles. The van der Waals surface area contributed by atoms with Gasteiger partial charge in [0.25, 0.3) is 6.47 Å². The van der Waals surface area contributed by atoms with Crippen molar-refractivity contribution in [2.75, 3.05) is 0 Å². The minimum atomic E-state index is -0.444. The highest BCUT2D eigenvalue weighted by Gasteiger charge is 2.58. The van der Waals surface area contributed by atoms with E-state index in [1.54, 1.807) is 0 Å². The van der Waals surface area contributed by atoms with Crippen molar-refractivity contribution in [3.05, 3.63) is 0 Å². The molecule has 0 radical (unpaired) electrons. The lowest BCUT2D eigenvalue weighted by Crippen LogP contribution is -2.49. The molecule has 108 valence electrons. The largest absolute Gasteiger partial charge is 0.461 e. The Morgan fingerprint density at radius 2 is 2.16 bits per heavy atom. The third kappa shape index (κ3) is 2.29. The van der Waals surface area contributed by atoms with E-state index in [9.17, 15) is 4.79 Å². The number of rotatable bonds is 6. The lowest BCUT2D eigenvalue weighted by molar-refractivity contribution is -0.162. The number of hydrogen-bond donors (Lipinski definition) is 0. The Kier molecular flexibility index (Phi) is 3.13. The standard InChI is InChI=1S/C15H24O4/c1-4-10-13(18-10)8-15(3,17-9-16)14(2)6-5-11-12(7-14)19-11/h9-13H,4-8H2,1-3H3. The van der Waals surface area contributed by atoms with Gasteiger partial charge in [-0.15, -0.1) is 0 Å².